The molecule has 3 aromatic heterocycles. The molecule has 12 nitrogen and oxygen atoms in total. The lowest BCUT2D eigenvalue weighted by Gasteiger charge is -2.27. The summed E-state index contributed by atoms with van der Waals surface area (Å²) in [5.41, 5.74) is -1.80. The van der Waals surface area contributed by atoms with Gasteiger partial charge in [0.2, 0.25) is 0 Å². The fraction of sp³-hybridized carbons (Fsp3) is 0.429. The summed E-state index contributed by atoms with van der Waals surface area (Å²) in [6.45, 7) is 2.67. The molecule has 4 N–H and O–H groups in total. The number of hydrogen-bond donors (Lipinski definition) is 4. The van der Waals surface area contributed by atoms with E-state index in [9.17, 15) is 38.1 Å². The van der Waals surface area contributed by atoms with Gasteiger partial charge in [0.05, 0.1) is 47.1 Å². The second-order valence-corrected chi connectivity index (χ2v) is 10.9. The fourth-order valence-corrected chi connectivity index (χ4v) is 5.99. The van der Waals surface area contributed by atoms with E-state index < -0.39 is 35.0 Å². The molecule has 4 aromatic rings. The third kappa shape index (κ3) is 5.33. The number of imidazole rings is 1. The maximum Gasteiger partial charge on any atom is 0.418 e. The van der Waals surface area contributed by atoms with Crippen molar-refractivity contribution in [3.8, 4) is 0 Å². The summed E-state index contributed by atoms with van der Waals surface area (Å²) < 4.78 is 49.6. The molecule has 43 heavy (non-hydrogen) atoms. The molecule has 0 atom stereocenters. The van der Waals surface area contributed by atoms with Gasteiger partial charge in [0, 0.05) is 30.6 Å². The first-order valence-electron chi connectivity index (χ1n) is 13.8. The van der Waals surface area contributed by atoms with Crippen LogP contribution in [-0.2, 0) is 17.0 Å². The zero-order chi connectivity index (χ0) is 30.7. The summed E-state index contributed by atoms with van der Waals surface area (Å²) in [5, 5.41) is 32.6. The Morgan fingerprint density at radius 3 is 2.37 bits per heavy atom. The molecule has 0 unspecified atom stereocenters. The number of aryl methyl sites for hydroxylation is 1. The Morgan fingerprint density at radius 1 is 1.02 bits per heavy atom. The van der Waals surface area contributed by atoms with E-state index in [1.165, 1.54) is 34.6 Å². The predicted molar refractivity (Wildman–Crippen MR) is 148 cm³/mol. The Hall–Kier alpha value is -4.05. The summed E-state index contributed by atoms with van der Waals surface area (Å²) in [7, 11) is 0. The Labute approximate surface area is 241 Å². The first kappa shape index (κ1) is 29.0. The fourth-order valence-electron chi connectivity index (χ4n) is 5.99. The molecule has 1 saturated carbocycles. The van der Waals surface area contributed by atoms with Crippen molar-refractivity contribution in [2.24, 2.45) is 0 Å². The molecule has 6 rings (SSSR count). The first-order chi connectivity index (χ1) is 20.3. The van der Waals surface area contributed by atoms with Crippen LogP contribution in [0, 0.1) is 6.92 Å². The number of carbonyl (C=O) groups excluding carboxylic acids is 1. The van der Waals surface area contributed by atoms with Crippen molar-refractivity contribution in [3.05, 3.63) is 57.6 Å². The molecule has 0 radical (unpaired) electrons. The number of pyridine rings is 2. The number of alkyl halides is 3. The molecule has 0 spiro atoms. The van der Waals surface area contributed by atoms with Crippen LogP contribution in [0.2, 0.25) is 0 Å². The number of benzene rings is 1. The second kappa shape index (κ2) is 10.6. The molecule has 1 saturated heterocycles. The van der Waals surface area contributed by atoms with Crippen molar-refractivity contribution < 1.29 is 38.0 Å². The topological polar surface area (TPSA) is 155 Å². The number of anilines is 2. The van der Waals surface area contributed by atoms with Gasteiger partial charge in [-0.3, -0.25) is 9.36 Å². The number of amides is 1. The molecule has 1 aliphatic heterocycles. The maximum atomic E-state index is 14.2. The zero-order valence-electron chi connectivity index (χ0n) is 23.1. The van der Waals surface area contributed by atoms with Gasteiger partial charge >= 0.3 is 18.0 Å². The number of hydrogen-bond acceptors (Lipinski definition) is 9. The minimum Gasteiger partial charge on any atom is -0.378 e. The molecule has 1 aromatic carbocycles. The number of ether oxygens (including phenoxy) is 1. The van der Waals surface area contributed by atoms with Crippen molar-refractivity contribution in [2.75, 3.05) is 31.6 Å². The minimum atomic E-state index is -4.75. The number of aromatic nitrogens is 4. The third-order valence-electron chi connectivity index (χ3n) is 7.90. The van der Waals surface area contributed by atoms with Gasteiger partial charge in [-0.25, -0.2) is 19.3 Å². The smallest absolute Gasteiger partial charge is 0.378 e. The van der Waals surface area contributed by atoms with Gasteiger partial charge in [-0.15, -0.1) is 0 Å². The molecule has 228 valence electrons. The minimum absolute atomic E-state index is 0.0179. The molecular weight excluding hydrogens is 573 g/mol. The molecule has 1 amide bonds. The summed E-state index contributed by atoms with van der Waals surface area (Å²) in [6, 6.07) is 4.96. The zero-order valence-corrected chi connectivity index (χ0v) is 23.1. The Morgan fingerprint density at radius 2 is 1.72 bits per heavy atom. The van der Waals surface area contributed by atoms with Crippen LogP contribution in [0.1, 0.15) is 53.2 Å². The average molecular weight is 603 g/mol. The number of rotatable bonds is 5. The van der Waals surface area contributed by atoms with Gasteiger partial charge < -0.3 is 30.3 Å². The number of halogens is 3. The summed E-state index contributed by atoms with van der Waals surface area (Å²) in [4.78, 5) is 36.7. The van der Waals surface area contributed by atoms with Crippen molar-refractivity contribution in [2.45, 2.75) is 50.9 Å². The SMILES string of the molecule is Cc1cc(C(F)(F)F)c2nc(Nc3cc4c(cn3)n(C(O)(O)O)c(=O)n4C3CCCC3)cc(C(=O)N3CCOCC3)c2c1. The standard InChI is InChI=1S/C28H29F3N6O6/c1-15-10-17-18(25(38)35-6-8-43-9-7-35)12-23(34-24(17)19(11-15)27(29,30)31)33-22-13-20-21(14-32-22)37(28(40,41)42)26(39)36(20)16-4-2-3-5-16/h10-14,16,40-42H,2-9H2,1H3,(H,32,33,34). The highest BCUT2D eigenvalue weighted by Gasteiger charge is 2.36. The monoisotopic (exact) mass is 602 g/mol. The van der Waals surface area contributed by atoms with Crippen LogP contribution in [-0.4, -0.2) is 71.5 Å². The number of carbonyl (C=O) groups is 1. The van der Waals surface area contributed by atoms with Gasteiger partial charge in [-0.2, -0.15) is 13.2 Å². The Bertz CT molecular complexity index is 1780. The van der Waals surface area contributed by atoms with E-state index >= 15 is 0 Å². The molecule has 0 bridgehead atoms. The lowest BCUT2D eigenvalue weighted by molar-refractivity contribution is -0.374. The first-order valence-corrected chi connectivity index (χ1v) is 13.8. The third-order valence-corrected chi connectivity index (χ3v) is 7.90. The summed E-state index contributed by atoms with van der Waals surface area (Å²) in [6.07, 6.45) is -4.10. The van der Waals surface area contributed by atoms with Crippen LogP contribution in [0.4, 0.5) is 24.8 Å². The molecule has 2 fully saturated rings. The summed E-state index contributed by atoms with van der Waals surface area (Å²) in [5.74, 6) is -0.508. The van der Waals surface area contributed by atoms with E-state index in [4.69, 9.17) is 4.74 Å². The highest BCUT2D eigenvalue weighted by Crippen LogP contribution is 2.38. The number of fused-ring (bicyclic) bond motifs is 2. The second-order valence-electron chi connectivity index (χ2n) is 10.9. The van der Waals surface area contributed by atoms with E-state index in [0.717, 1.165) is 25.1 Å². The van der Waals surface area contributed by atoms with Crippen LogP contribution in [0.3, 0.4) is 0 Å². The lowest BCUT2D eigenvalue weighted by atomic mass is 10.00. The van der Waals surface area contributed by atoms with Crippen molar-refractivity contribution in [1.82, 2.24) is 24.0 Å². The highest BCUT2D eigenvalue weighted by molar-refractivity contribution is 6.08. The molecule has 1 aliphatic carbocycles. The number of nitrogens with one attached hydrogen (secondary N) is 1. The van der Waals surface area contributed by atoms with Crippen LogP contribution in [0.5, 0.6) is 0 Å². The van der Waals surface area contributed by atoms with Gasteiger partial charge in [-0.1, -0.05) is 12.8 Å². The van der Waals surface area contributed by atoms with E-state index in [1.807, 2.05) is 0 Å². The van der Waals surface area contributed by atoms with Crippen molar-refractivity contribution in [1.29, 1.82) is 0 Å². The largest absolute Gasteiger partial charge is 0.418 e. The molecule has 15 heteroatoms. The maximum absolute atomic E-state index is 14.2. The van der Waals surface area contributed by atoms with Crippen LogP contribution in [0.15, 0.2) is 35.3 Å². The van der Waals surface area contributed by atoms with Crippen molar-refractivity contribution >= 4 is 39.5 Å². The van der Waals surface area contributed by atoms with Crippen LogP contribution >= 0.6 is 0 Å². The van der Waals surface area contributed by atoms with Gasteiger partial charge in [-0.05, 0) is 43.5 Å². The van der Waals surface area contributed by atoms with Crippen LogP contribution in [0.25, 0.3) is 21.9 Å². The van der Waals surface area contributed by atoms with Crippen molar-refractivity contribution in [3.63, 3.8) is 0 Å². The normalized spacial score (nSPS) is 16.9. The quantitative estimate of drug-likeness (QED) is 0.253. The lowest BCUT2D eigenvalue weighted by Crippen LogP contribution is -2.41. The van der Waals surface area contributed by atoms with Gasteiger partial charge in [0.25, 0.3) is 5.91 Å². The highest BCUT2D eigenvalue weighted by atomic mass is 19.4. The van der Waals surface area contributed by atoms with E-state index in [2.05, 4.69) is 15.3 Å². The predicted octanol–water partition coefficient (Wildman–Crippen LogP) is 2.95. The molecule has 4 heterocycles. The molecular formula is C28H29F3N6O6. The van der Waals surface area contributed by atoms with Gasteiger partial charge in [0.15, 0.2) is 0 Å². The van der Waals surface area contributed by atoms with Gasteiger partial charge in [0.1, 0.15) is 11.6 Å². The van der Waals surface area contributed by atoms with E-state index in [0.29, 0.717) is 36.2 Å². The number of aliphatic hydroxyl groups is 3. The average Bonchev–Trinajstić information content (AvgIpc) is 3.57. The number of nitrogens with zero attached hydrogens (tertiary/aromatic N) is 5. The van der Waals surface area contributed by atoms with Crippen LogP contribution < -0.4 is 11.0 Å². The Balaban J connectivity index is 1.51. The summed E-state index contributed by atoms with van der Waals surface area (Å²) >= 11 is 0. The Kier molecular flexibility index (Phi) is 7.15. The molecule has 2 aliphatic rings. The van der Waals surface area contributed by atoms with E-state index in [1.54, 1.807) is 0 Å². The number of morpholine rings is 1. The van der Waals surface area contributed by atoms with E-state index in [-0.39, 0.29) is 52.8 Å².